The number of esters is 1. The highest BCUT2D eigenvalue weighted by molar-refractivity contribution is 7.92. The quantitative estimate of drug-likeness (QED) is 0.845. The zero-order chi connectivity index (χ0) is 13.9. The fourth-order valence-corrected chi connectivity index (χ4v) is 3.34. The van der Waals surface area contributed by atoms with Crippen LogP contribution in [-0.2, 0) is 14.8 Å². The molecule has 0 unspecified atom stereocenters. The maximum Gasteiger partial charge on any atom is 0.341 e. The van der Waals surface area contributed by atoms with Crippen molar-refractivity contribution >= 4 is 32.3 Å². The number of thiophene rings is 1. The summed E-state index contributed by atoms with van der Waals surface area (Å²) in [6, 6.07) is 0. The lowest BCUT2D eigenvalue weighted by Crippen LogP contribution is -2.16. The summed E-state index contributed by atoms with van der Waals surface area (Å²) < 4.78 is 30.5. The number of aryl methyl sites for hydroxylation is 1. The van der Waals surface area contributed by atoms with Gasteiger partial charge in [-0.2, -0.15) is 0 Å². The minimum absolute atomic E-state index is 0.0364. The van der Waals surface area contributed by atoms with Crippen LogP contribution in [0.2, 0.25) is 0 Å². The lowest BCUT2D eigenvalue weighted by Gasteiger charge is -2.07. The van der Waals surface area contributed by atoms with Gasteiger partial charge in [0, 0.05) is 4.88 Å². The van der Waals surface area contributed by atoms with Gasteiger partial charge in [-0.05, 0) is 33.3 Å². The van der Waals surface area contributed by atoms with E-state index in [2.05, 4.69) is 4.72 Å². The number of anilines is 1. The summed E-state index contributed by atoms with van der Waals surface area (Å²) in [6.45, 7) is 7.13. The predicted octanol–water partition coefficient (Wildman–Crippen LogP) is 2.30. The molecule has 1 aromatic heterocycles. The lowest BCUT2D eigenvalue weighted by molar-refractivity contribution is 0.0527. The Balaban J connectivity index is 3.20. The Morgan fingerprint density at radius 3 is 2.44 bits per heavy atom. The molecule has 7 heteroatoms. The van der Waals surface area contributed by atoms with Crippen molar-refractivity contribution in [1.29, 1.82) is 0 Å². The molecule has 0 aromatic carbocycles. The van der Waals surface area contributed by atoms with Gasteiger partial charge in [0.05, 0.1) is 17.9 Å². The lowest BCUT2D eigenvalue weighted by atomic mass is 10.2. The van der Waals surface area contributed by atoms with Crippen LogP contribution in [0.15, 0.2) is 0 Å². The van der Waals surface area contributed by atoms with E-state index in [4.69, 9.17) is 4.74 Å². The van der Waals surface area contributed by atoms with Crippen molar-refractivity contribution < 1.29 is 17.9 Å². The number of carbonyl (C=O) groups excluding carboxylic acids is 1. The fourth-order valence-electron chi connectivity index (χ4n) is 1.36. The molecular weight excluding hydrogens is 274 g/mol. The molecule has 0 bridgehead atoms. The molecule has 0 atom stereocenters. The molecule has 1 rings (SSSR count). The van der Waals surface area contributed by atoms with Gasteiger partial charge in [0.15, 0.2) is 0 Å². The summed E-state index contributed by atoms with van der Waals surface area (Å²) >= 11 is 1.25. The largest absolute Gasteiger partial charge is 0.462 e. The second-order valence-corrected chi connectivity index (χ2v) is 6.95. The third kappa shape index (κ3) is 3.23. The zero-order valence-corrected chi connectivity index (χ0v) is 12.5. The number of carbonyl (C=O) groups is 1. The van der Waals surface area contributed by atoms with Crippen LogP contribution in [0.4, 0.5) is 5.00 Å². The molecule has 0 amide bonds. The first-order chi connectivity index (χ1) is 8.32. The Kier molecular flexibility index (Phi) is 4.75. The first kappa shape index (κ1) is 15.0. The van der Waals surface area contributed by atoms with E-state index >= 15 is 0 Å². The molecule has 1 N–H and O–H groups in total. The van der Waals surface area contributed by atoms with Crippen LogP contribution in [0.1, 0.15) is 34.6 Å². The third-order valence-corrected chi connectivity index (χ3v) is 5.02. The molecule has 0 fully saturated rings. The van der Waals surface area contributed by atoms with E-state index in [1.54, 1.807) is 20.8 Å². The molecule has 18 heavy (non-hydrogen) atoms. The first-order valence-corrected chi connectivity index (χ1v) is 8.06. The summed E-state index contributed by atoms with van der Waals surface area (Å²) in [7, 11) is -3.39. The average molecular weight is 291 g/mol. The molecule has 0 aliphatic heterocycles. The van der Waals surface area contributed by atoms with Crippen molar-refractivity contribution in [3.63, 3.8) is 0 Å². The minimum Gasteiger partial charge on any atom is -0.462 e. The molecule has 0 saturated heterocycles. The van der Waals surface area contributed by atoms with Crippen LogP contribution in [0, 0.1) is 13.8 Å². The molecule has 0 saturated carbocycles. The van der Waals surface area contributed by atoms with Crippen LogP contribution in [0.25, 0.3) is 0 Å². The standard InChI is InChI=1S/C11H17NO4S2/c1-5-16-11(13)9-7(3)8(4)17-10(9)12-18(14,15)6-2/h12H,5-6H2,1-4H3. The summed E-state index contributed by atoms with van der Waals surface area (Å²) in [5, 5.41) is 0.338. The van der Waals surface area contributed by atoms with Crippen LogP contribution < -0.4 is 4.72 Å². The smallest absolute Gasteiger partial charge is 0.341 e. The highest BCUT2D eigenvalue weighted by atomic mass is 32.2. The van der Waals surface area contributed by atoms with Crippen molar-refractivity contribution in [3.05, 3.63) is 16.0 Å². The van der Waals surface area contributed by atoms with Gasteiger partial charge in [0.1, 0.15) is 5.00 Å². The highest BCUT2D eigenvalue weighted by Crippen LogP contribution is 2.33. The molecule has 0 aliphatic rings. The van der Waals surface area contributed by atoms with Crippen LogP contribution in [0.5, 0.6) is 0 Å². The van der Waals surface area contributed by atoms with E-state index in [1.165, 1.54) is 11.3 Å². The average Bonchev–Trinajstić information content (AvgIpc) is 2.54. The number of hydrogen-bond acceptors (Lipinski definition) is 5. The molecule has 0 spiro atoms. The van der Waals surface area contributed by atoms with Gasteiger partial charge in [0.2, 0.25) is 10.0 Å². The Hall–Kier alpha value is -1.08. The highest BCUT2D eigenvalue weighted by Gasteiger charge is 2.23. The van der Waals surface area contributed by atoms with E-state index in [1.807, 2.05) is 6.92 Å². The van der Waals surface area contributed by atoms with Crippen LogP contribution in [-0.4, -0.2) is 26.7 Å². The number of nitrogens with one attached hydrogen (secondary N) is 1. The van der Waals surface area contributed by atoms with Crippen molar-refractivity contribution in [3.8, 4) is 0 Å². The van der Waals surface area contributed by atoms with Gasteiger partial charge in [-0.15, -0.1) is 11.3 Å². The number of ether oxygens (including phenoxy) is 1. The molecule has 5 nitrogen and oxygen atoms in total. The normalized spacial score (nSPS) is 11.3. The van der Waals surface area contributed by atoms with E-state index in [-0.39, 0.29) is 12.4 Å². The fraction of sp³-hybridized carbons (Fsp3) is 0.545. The van der Waals surface area contributed by atoms with E-state index in [0.717, 1.165) is 10.4 Å². The summed E-state index contributed by atoms with van der Waals surface area (Å²) in [4.78, 5) is 12.7. The van der Waals surface area contributed by atoms with Gasteiger partial charge in [-0.1, -0.05) is 0 Å². The second kappa shape index (κ2) is 5.71. The van der Waals surface area contributed by atoms with Gasteiger partial charge >= 0.3 is 5.97 Å². The van der Waals surface area contributed by atoms with Gasteiger partial charge in [0.25, 0.3) is 0 Å². The van der Waals surface area contributed by atoms with Crippen molar-refractivity contribution in [2.75, 3.05) is 17.1 Å². The van der Waals surface area contributed by atoms with Crippen molar-refractivity contribution in [2.45, 2.75) is 27.7 Å². The third-order valence-electron chi connectivity index (χ3n) is 2.49. The second-order valence-electron chi connectivity index (χ2n) is 3.71. The van der Waals surface area contributed by atoms with Crippen LogP contribution in [0.3, 0.4) is 0 Å². The monoisotopic (exact) mass is 291 g/mol. The maximum atomic E-state index is 11.8. The van der Waals surface area contributed by atoms with Crippen molar-refractivity contribution in [2.24, 2.45) is 0 Å². The predicted molar refractivity (Wildman–Crippen MR) is 72.8 cm³/mol. The Morgan fingerprint density at radius 2 is 1.94 bits per heavy atom. The minimum atomic E-state index is -3.39. The first-order valence-electron chi connectivity index (χ1n) is 5.60. The summed E-state index contributed by atoms with van der Waals surface area (Å²) in [5.74, 6) is -0.529. The maximum absolute atomic E-state index is 11.8. The zero-order valence-electron chi connectivity index (χ0n) is 10.9. The molecule has 0 radical (unpaired) electrons. The summed E-state index contributed by atoms with van der Waals surface area (Å²) in [5.41, 5.74) is 1.07. The Labute approximate surface area is 111 Å². The van der Waals surface area contributed by atoms with Crippen molar-refractivity contribution in [1.82, 2.24) is 0 Å². The van der Waals surface area contributed by atoms with Gasteiger partial charge in [-0.25, -0.2) is 13.2 Å². The SMILES string of the molecule is CCOC(=O)c1c(NS(=O)(=O)CC)sc(C)c1C. The number of hydrogen-bond donors (Lipinski definition) is 1. The van der Waals surface area contributed by atoms with E-state index < -0.39 is 16.0 Å². The van der Waals surface area contributed by atoms with Gasteiger partial charge in [-0.3, -0.25) is 4.72 Å². The number of rotatable bonds is 5. The Bertz CT molecular complexity index is 546. The molecule has 102 valence electrons. The molecule has 1 heterocycles. The molecular formula is C11H17NO4S2. The number of sulfonamides is 1. The summed E-state index contributed by atoms with van der Waals surface area (Å²) in [6.07, 6.45) is 0. The Morgan fingerprint density at radius 1 is 1.33 bits per heavy atom. The molecule has 1 aromatic rings. The van der Waals surface area contributed by atoms with E-state index in [0.29, 0.717) is 10.6 Å². The van der Waals surface area contributed by atoms with Gasteiger partial charge < -0.3 is 4.74 Å². The van der Waals surface area contributed by atoms with E-state index in [9.17, 15) is 13.2 Å². The topological polar surface area (TPSA) is 72.5 Å². The molecule has 0 aliphatic carbocycles. The van der Waals surface area contributed by atoms with Crippen LogP contribution >= 0.6 is 11.3 Å².